The molecule has 0 radical (unpaired) electrons. The van der Waals surface area contributed by atoms with Crippen molar-refractivity contribution >= 4 is 34.8 Å². The predicted molar refractivity (Wildman–Crippen MR) is 86.1 cm³/mol. The molecule has 112 valence electrons. The zero-order valence-electron chi connectivity index (χ0n) is 11.8. The highest BCUT2D eigenvalue weighted by molar-refractivity contribution is 7.97. The predicted octanol–water partition coefficient (Wildman–Crippen LogP) is 2.94. The molecule has 1 aromatic heterocycles. The Labute approximate surface area is 132 Å². The van der Waals surface area contributed by atoms with Gasteiger partial charge >= 0.3 is 0 Å². The van der Waals surface area contributed by atoms with E-state index >= 15 is 0 Å². The first-order chi connectivity index (χ1) is 10.0. The lowest BCUT2D eigenvalue weighted by Gasteiger charge is -2.11. The molecular weight excluding hydrogens is 310 g/mol. The van der Waals surface area contributed by atoms with Gasteiger partial charge in [-0.3, -0.25) is 4.79 Å². The van der Waals surface area contributed by atoms with Crippen LogP contribution < -0.4 is 5.73 Å². The van der Waals surface area contributed by atoms with Gasteiger partial charge in [-0.05, 0) is 30.9 Å². The highest BCUT2D eigenvalue weighted by atomic mass is 35.5. The fraction of sp³-hybridized carbons (Fsp3) is 0.286. The number of ketones is 1. The number of rotatable bonds is 5. The first-order valence-electron chi connectivity index (χ1n) is 6.36. The van der Waals surface area contributed by atoms with Crippen LogP contribution in [0, 0.1) is 0 Å². The number of aryl methyl sites for hydroxylation is 1. The lowest BCUT2D eigenvalue weighted by atomic mass is 9.99. The number of hydrogen-bond donors (Lipinski definition) is 2. The van der Waals surface area contributed by atoms with Crippen molar-refractivity contribution in [3.8, 4) is 5.88 Å². The molecule has 0 aliphatic rings. The maximum absolute atomic E-state index is 12.6. The zero-order valence-corrected chi connectivity index (χ0v) is 13.3. The van der Waals surface area contributed by atoms with Gasteiger partial charge in [0.1, 0.15) is 5.56 Å². The summed E-state index contributed by atoms with van der Waals surface area (Å²) in [5.41, 5.74) is 7.67. The highest BCUT2D eigenvalue weighted by Gasteiger charge is 2.22. The van der Waals surface area contributed by atoms with Crippen LogP contribution in [-0.4, -0.2) is 26.9 Å². The fourth-order valence-electron chi connectivity index (χ4n) is 2.06. The average Bonchev–Trinajstić information content (AvgIpc) is 2.84. The second-order valence-corrected chi connectivity index (χ2v) is 5.72. The molecule has 1 aromatic carbocycles. The van der Waals surface area contributed by atoms with Gasteiger partial charge in [-0.25, -0.2) is 4.68 Å². The van der Waals surface area contributed by atoms with Gasteiger partial charge in [-0.2, -0.15) is 16.9 Å². The fourth-order valence-corrected chi connectivity index (χ4v) is 2.84. The Morgan fingerprint density at radius 3 is 2.76 bits per heavy atom. The van der Waals surface area contributed by atoms with Gasteiger partial charge < -0.3 is 10.8 Å². The molecule has 0 unspecified atom stereocenters. The maximum atomic E-state index is 12.6. The number of nitrogens with two attached hydrogens (primary N) is 1. The number of aromatic hydroxyl groups is 1. The van der Waals surface area contributed by atoms with E-state index in [1.165, 1.54) is 10.9 Å². The third-order valence-electron chi connectivity index (χ3n) is 3.19. The minimum atomic E-state index is -0.306. The maximum Gasteiger partial charge on any atom is 0.220 e. The van der Waals surface area contributed by atoms with Crippen molar-refractivity contribution in [1.29, 1.82) is 0 Å². The molecule has 0 saturated heterocycles. The smallest absolute Gasteiger partial charge is 0.220 e. The van der Waals surface area contributed by atoms with E-state index in [1.807, 2.05) is 13.2 Å². The molecular formula is C14H16ClN3O2S. The Hall–Kier alpha value is -1.66. The SMILES string of the molecule is CCn1ncc(C(=O)c2ccc(Cl)c(N)c2CSC)c1O. The first kappa shape index (κ1) is 15.7. The van der Waals surface area contributed by atoms with E-state index in [2.05, 4.69) is 5.10 Å². The Morgan fingerprint density at radius 2 is 2.19 bits per heavy atom. The molecule has 2 rings (SSSR count). The van der Waals surface area contributed by atoms with Crippen LogP contribution in [0.4, 0.5) is 5.69 Å². The standard InChI is InChI=1S/C14H16ClN3O2S/c1-3-18-14(20)9(6-17-18)13(19)8-4-5-11(15)12(16)10(8)7-21-2/h4-6,20H,3,7,16H2,1-2H3. The topological polar surface area (TPSA) is 81.1 Å². The molecule has 0 aliphatic heterocycles. The molecule has 0 amide bonds. The number of nitrogen functional groups attached to an aromatic ring is 1. The van der Waals surface area contributed by atoms with Crippen LogP contribution in [0.2, 0.25) is 5.02 Å². The number of thioether (sulfide) groups is 1. The molecule has 5 nitrogen and oxygen atoms in total. The van der Waals surface area contributed by atoms with Gasteiger partial charge in [-0.1, -0.05) is 11.6 Å². The summed E-state index contributed by atoms with van der Waals surface area (Å²) in [6.45, 7) is 2.32. The Balaban J connectivity index is 2.52. The van der Waals surface area contributed by atoms with Crippen LogP contribution in [0.25, 0.3) is 0 Å². The molecule has 0 spiro atoms. The number of nitrogens with zero attached hydrogens (tertiary/aromatic N) is 2. The second-order valence-electron chi connectivity index (χ2n) is 4.45. The van der Waals surface area contributed by atoms with E-state index in [4.69, 9.17) is 17.3 Å². The van der Waals surface area contributed by atoms with Gasteiger partial charge in [0.2, 0.25) is 5.88 Å². The average molecular weight is 326 g/mol. The third kappa shape index (κ3) is 2.87. The highest BCUT2D eigenvalue weighted by Crippen LogP contribution is 2.31. The molecule has 0 bridgehead atoms. The van der Waals surface area contributed by atoms with Crippen LogP contribution in [0.3, 0.4) is 0 Å². The summed E-state index contributed by atoms with van der Waals surface area (Å²) in [5, 5.41) is 14.4. The molecule has 1 heterocycles. The van der Waals surface area contributed by atoms with Gasteiger partial charge in [-0.15, -0.1) is 0 Å². The number of aromatic nitrogens is 2. The number of carbonyl (C=O) groups is 1. The number of anilines is 1. The molecule has 0 saturated carbocycles. The lowest BCUT2D eigenvalue weighted by molar-refractivity contribution is 0.103. The van der Waals surface area contributed by atoms with Gasteiger partial charge in [0.05, 0.1) is 16.9 Å². The third-order valence-corrected chi connectivity index (χ3v) is 4.10. The molecule has 0 atom stereocenters. The van der Waals surface area contributed by atoms with Crippen molar-refractivity contribution in [3.05, 3.63) is 40.0 Å². The van der Waals surface area contributed by atoms with E-state index in [0.717, 1.165) is 0 Å². The summed E-state index contributed by atoms with van der Waals surface area (Å²) in [4.78, 5) is 12.6. The van der Waals surface area contributed by atoms with Crippen LogP contribution in [0.15, 0.2) is 18.3 Å². The van der Waals surface area contributed by atoms with Gasteiger partial charge in [0, 0.05) is 17.9 Å². The lowest BCUT2D eigenvalue weighted by Crippen LogP contribution is -2.08. The summed E-state index contributed by atoms with van der Waals surface area (Å²) in [5.74, 6) is 0.126. The van der Waals surface area contributed by atoms with Crippen LogP contribution in [0.1, 0.15) is 28.4 Å². The van der Waals surface area contributed by atoms with Crippen LogP contribution in [0.5, 0.6) is 5.88 Å². The summed E-state index contributed by atoms with van der Waals surface area (Å²) >= 11 is 7.56. The zero-order chi connectivity index (χ0) is 15.6. The number of carbonyl (C=O) groups excluding carboxylic acids is 1. The Bertz CT molecular complexity index is 685. The summed E-state index contributed by atoms with van der Waals surface area (Å²) < 4.78 is 1.36. The molecule has 2 aromatic rings. The minimum Gasteiger partial charge on any atom is -0.493 e. The molecule has 0 fully saturated rings. The van der Waals surface area contributed by atoms with E-state index in [1.54, 1.807) is 23.9 Å². The van der Waals surface area contributed by atoms with Crippen LogP contribution >= 0.6 is 23.4 Å². The molecule has 3 N–H and O–H groups in total. The van der Waals surface area contributed by atoms with Crippen molar-refractivity contribution in [2.75, 3.05) is 12.0 Å². The number of hydrogen-bond acceptors (Lipinski definition) is 5. The van der Waals surface area contributed by atoms with Gasteiger partial charge in [0.25, 0.3) is 0 Å². The van der Waals surface area contributed by atoms with Crippen molar-refractivity contribution in [1.82, 2.24) is 9.78 Å². The number of benzene rings is 1. The quantitative estimate of drug-likeness (QED) is 0.652. The molecule has 21 heavy (non-hydrogen) atoms. The van der Waals surface area contributed by atoms with Crippen molar-refractivity contribution in [2.24, 2.45) is 0 Å². The molecule has 0 aliphatic carbocycles. The van der Waals surface area contributed by atoms with E-state index < -0.39 is 0 Å². The molecule has 7 heteroatoms. The van der Waals surface area contributed by atoms with E-state index in [-0.39, 0.29) is 17.2 Å². The first-order valence-corrected chi connectivity index (χ1v) is 8.13. The number of halogens is 1. The Morgan fingerprint density at radius 1 is 1.48 bits per heavy atom. The summed E-state index contributed by atoms with van der Waals surface area (Å²) in [7, 11) is 0. The minimum absolute atomic E-state index is 0.133. The monoisotopic (exact) mass is 325 g/mol. The van der Waals surface area contributed by atoms with Gasteiger partial charge in [0.15, 0.2) is 5.78 Å². The van der Waals surface area contributed by atoms with Crippen molar-refractivity contribution in [3.63, 3.8) is 0 Å². The van der Waals surface area contributed by atoms with E-state index in [9.17, 15) is 9.90 Å². The summed E-state index contributed by atoms with van der Waals surface area (Å²) in [6.07, 6.45) is 3.29. The second kappa shape index (κ2) is 6.41. The Kier molecular flexibility index (Phi) is 4.80. The van der Waals surface area contributed by atoms with Crippen LogP contribution in [-0.2, 0) is 12.3 Å². The van der Waals surface area contributed by atoms with Crippen molar-refractivity contribution < 1.29 is 9.90 Å². The van der Waals surface area contributed by atoms with Crippen molar-refractivity contribution in [2.45, 2.75) is 19.2 Å². The normalized spacial score (nSPS) is 10.8. The largest absolute Gasteiger partial charge is 0.493 e. The summed E-state index contributed by atoms with van der Waals surface area (Å²) in [6, 6.07) is 3.23. The van der Waals surface area contributed by atoms with E-state index in [0.29, 0.717) is 34.1 Å².